The fourth-order valence-electron chi connectivity index (χ4n) is 1.63. The summed E-state index contributed by atoms with van der Waals surface area (Å²) in [6.45, 7) is 0.866. The van der Waals surface area contributed by atoms with Gasteiger partial charge in [0.25, 0.3) is 0 Å². The molecule has 2 rings (SSSR count). The van der Waals surface area contributed by atoms with Crippen LogP contribution >= 0.6 is 0 Å². The van der Waals surface area contributed by atoms with Crippen LogP contribution in [-0.2, 0) is 6.54 Å². The molecule has 0 spiro atoms. The standard InChI is InChI=1S/C13H14N3/c1-16(2)9-11-5-3-4-6-13(11)12-7-14-10-15-8-12/h3-4,6-8,10H,9H2,1-2H3. The molecule has 0 fully saturated rings. The van der Waals surface area contributed by atoms with Gasteiger partial charge in [-0.2, -0.15) is 0 Å². The van der Waals surface area contributed by atoms with E-state index in [-0.39, 0.29) is 0 Å². The number of nitrogens with zero attached hydrogens (tertiary/aromatic N) is 3. The Kier molecular flexibility index (Phi) is 3.27. The molecule has 1 heterocycles. The van der Waals surface area contributed by atoms with Crippen molar-refractivity contribution in [3.63, 3.8) is 0 Å². The summed E-state index contributed by atoms with van der Waals surface area (Å²) in [7, 11) is 4.10. The molecular weight excluding hydrogens is 198 g/mol. The van der Waals surface area contributed by atoms with Crippen LogP contribution in [0.15, 0.2) is 36.9 Å². The van der Waals surface area contributed by atoms with E-state index in [0.29, 0.717) is 0 Å². The van der Waals surface area contributed by atoms with Crippen LogP contribution in [0.1, 0.15) is 5.56 Å². The Balaban J connectivity index is 2.41. The normalized spacial score (nSPS) is 10.7. The minimum Gasteiger partial charge on any atom is -0.305 e. The van der Waals surface area contributed by atoms with Crippen LogP contribution < -0.4 is 0 Å². The van der Waals surface area contributed by atoms with E-state index in [1.807, 2.05) is 38.6 Å². The number of hydrogen-bond acceptors (Lipinski definition) is 3. The SMILES string of the molecule is CN(C)Cc1[c]cccc1-c1cncnc1. The van der Waals surface area contributed by atoms with Gasteiger partial charge in [0, 0.05) is 24.5 Å². The molecule has 0 atom stereocenters. The molecule has 0 aliphatic carbocycles. The van der Waals surface area contributed by atoms with E-state index >= 15 is 0 Å². The highest BCUT2D eigenvalue weighted by Gasteiger charge is 2.05. The Morgan fingerprint density at radius 3 is 2.69 bits per heavy atom. The first-order valence-electron chi connectivity index (χ1n) is 5.17. The fraction of sp³-hybridized carbons (Fsp3) is 0.231. The maximum absolute atomic E-state index is 4.04. The third-order valence-corrected chi connectivity index (χ3v) is 2.29. The van der Waals surface area contributed by atoms with Gasteiger partial charge >= 0.3 is 0 Å². The molecular formula is C13H14N3. The zero-order chi connectivity index (χ0) is 11.4. The fourth-order valence-corrected chi connectivity index (χ4v) is 1.63. The second-order valence-corrected chi connectivity index (χ2v) is 3.93. The molecule has 0 unspecified atom stereocenters. The van der Waals surface area contributed by atoms with Crippen LogP contribution in [0, 0.1) is 6.07 Å². The van der Waals surface area contributed by atoms with Crippen LogP contribution in [0.4, 0.5) is 0 Å². The second kappa shape index (κ2) is 4.86. The maximum Gasteiger partial charge on any atom is 0.115 e. The third kappa shape index (κ3) is 2.44. The Hall–Kier alpha value is -1.74. The van der Waals surface area contributed by atoms with Crippen molar-refractivity contribution in [2.24, 2.45) is 0 Å². The average Bonchev–Trinajstić information content (AvgIpc) is 2.30. The number of aromatic nitrogens is 2. The molecule has 81 valence electrons. The van der Waals surface area contributed by atoms with Crippen molar-refractivity contribution >= 4 is 0 Å². The zero-order valence-corrected chi connectivity index (χ0v) is 9.51. The van der Waals surface area contributed by atoms with Crippen molar-refractivity contribution < 1.29 is 0 Å². The second-order valence-electron chi connectivity index (χ2n) is 3.93. The maximum atomic E-state index is 4.04. The summed E-state index contributed by atoms with van der Waals surface area (Å²) < 4.78 is 0. The lowest BCUT2D eigenvalue weighted by Crippen LogP contribution is -2.11. The Bertz CT molecular complexity index is 452. The Morgan fingerprint density at radius 1 is 1.25 bits per heavy atom. The van der Waals surface area contributed by atoms with E-state index in [2.05, 4.69) is 27.0 Å². The van der Waals surface area contributed by atoms with Crippen LogP contribution in [0.5, 0.6) is 0 Å². The van der Waals surface area contributed by atoms with Gasteiger partial charge in [-0.05, 0) is 31.3 Å². The monoisotopic (exact) mass is 212 g/mol. The molecule has 0 saturated carbocycles. The first-order valence-corrected chi connectivity index (χ1v) is 5.17. The zero-order valence-electron chi connectivity index (χ0n) is 9.51. The van der Waals surface area contributed by atoms with Gasteiger partial charge in [0.05, 0.1) is 0 Å². The van der Waals surface area contributed by atoms with Crippen molar-refractivity contribution in [3.05, 3.63) is 48.5 Å². The summed E-state index contributed by atoms with van der Waals surface area (Å²) in [5.74, 6) is 0. The molecule has 0 aliphatic rings. The predicted octanol–water partition coefficient (Wildman–Crippen LogP) is 2.01. The Labute approximate surface area is 95.8 Å². The van der Waals surface area contributed by atoms with Gasteiger partial charge < -0.3 is 4.90 Å². The van der Waals surface area contributed by atoms with Crippen molar-refractivity contribution in [1.82, 2.24) is 14.9 Å². The van der Waals surface area contributed by atoms with Crippen LogP contribution in [0.25, 0.3) is 11.1 Å². The van der Waals surface area contributed by atoms with E-state index in [4.69, 9.17) is 0 Å². The smallest absolute Gasteiger partial charge is 0.115 e. The van der Waals surface area contributed by atoms with Gasteiger partial charge in [-0.15, -0.1) is 0 Å². The summed E-state index contributed by atoms with van der Waals surface area (Å²) in [4.78, 5) is 10.2. The molecule has 0 aliphatic heterocycles. The average molecular weight is 212 g/mol. The first kappa shape index (κ1) is 10.8. The summed E-state index contributed by atoms with van der Waals surface area (Å²) in [6.07, 6.45) is 5.20. The van der Waals surface area contributed by atoms with Gasteiger partial charge in [-0.3, -0.25) is 0 Å². The van der Waals surface area contributed by atoms with Crippen LogP contribution in [0.2, 0.25) is 0 Å². The summed E-state index contributed by atoms with van der Waals surface area (Å²) in [5.41, 5.74) is 3.36. The predicted molar refractivity (Wildman–Crippen MR) is 63.7 cm³/mol. The summed E-state index contributed by atoms with van der Waals surface area (Å²) in [5, 5.41) is 0. The van der Waals surface area contributed by atoms with E-state index in [0.717, 1.165) is 17.7 Å². The summed E-state index contributed by atoms with van der Waals surface area (Å²) >= 11 is 0. The number of rotatable bonds is 3. The number of benzene rings is 1. The van der Waals surface area contributed by atoms with Crippen molar-refractivity contribution in [3.8, 4) is 11.1 Å². The highest BCUT2D eigenvalue weighted by atomic mass is 15.0. The first-order chi connectivity index (χ1) is 7.77. The number of hydrogen-bond donors (Lipinski definition) is 0. The van der Waals surface area contributed by atoms with E-state index in [1.54, 1.807) is 6.33 Å². The molecule has 1 radical (unpaired) electrons. The lowest BCUT2D eigenvalue weighted by atomic mass is 10.0. The quantitative estimate of drug-likeness (QED) is 0.779. The summed E-state index contributed by atoms with van der Waals surface area (Å²) in [6, 6.07) is 9.27. The molecule has 0 amide bonds. The largest absolute Gasteiger partial charge is 0.305 e. The van der Waals surface area contributed by atoms with Gasteiger partial charge in [-0.1, -0.05) is 18.2 Å². The molecule has 1 aromatic carbocycles. The van der Waals surface area contributed by atoms with Crippen molar-refractivity contribution in [1.29, 1.82) is 0 Å². The van der Waals surface area contributed by atoms with Gasteiger partial charge in [0.2, 0.25) is 0 Å². The van der Waals surface area contributed by atoms with E-state index in [9.17, 15) is 0 Å². The van der Waals surface area contributed by atoms with E-state index < -0.39 is 0 Å². The molecule has 1 aromatic heterocycles. The lowest BCUT2D eigenvalue weighted by Gasteiger charge is -2.13. The molecule has 2 aromatic rings. The third-order valence-electron chi connectivity index (χ3n) is 2.29. The van der Waals surface area contributed by atoms with Crippen molar-refractivity contribution in [2.75, 3.05) is 14.1 Å². The van der Waals surface area contributed by atoms with Gasteiger partial charge in [-0.25, -0.2) is 9.97 Å². The highest BCUT2D eigenvalue weighted by Crippen LogP contribution is 2.22. The van der Waals surface area contributed by atoms with Gasteiger partial charge in [0.1, 0.15) is 6.33 Å². The van der Waals surface area contributed by atoms with E-state index in [1.165, 1.54) is 5.56 Å². The van der Waals surface area contributed by atoms with Crippen molar-refractivity contribution in [2.45, 2.75) is 6.54 Å². The molecule has 0 bridgehead atoms. The minimum atomic E-state index is 0.866. The highest BCUT2D eigenvalue weighted by molar-refractivity contribution is 5.65. The topological polar surface area (TPSA) is 29.0 Å². The Morgan fingerprint density at radius 2 is 2.00 bits per heavy atom. The molecule has 0 saturated heterocycles. The molecule has 3 heteroatoms. The minimum absolute atomic E-state index is 0.866. The lowest BCUT2D eigenvalue weighted by molar-refractivity contribution is 0.403. The molecule has 3 nitrogen and oxygen atoms in total. The van der Waals surface area contributed by atoms with Crippen LogP contribution in [0.3, 0.4) is 0 Å². The van der Waals surface area contributed by atoms with Crippen LogP contribution in [-0.4, -0.2) is 29.0 Å². The molecule has 16 heavy (non-hydrogen) atoms. The van der Waals surface area contributed by atoms with Gasteiger partial charge in [0.15, 0.2) is 0 Å². The molecule has 0 N–H and O–H groups in total.